The molecule has 0 radical (unpaired) electrons. The van der Waals surface area contributed by atoms with Gasteiger partial charge in [-0.15, -0.1) is 12.4 Å². The van der Waals surface area contributed by atoms with Crippen molar-refractivity contribution < 1.29 is 19.1 Å². The van der Waals surface area contributed by atoms with E-state index in [2.05, 4.69) is 4.98 Å². The molecule has 2 aromatic heterocycles. The van der Waals surface area contributed by atoms with Gasteiger partial charge < -0.3 is 14.4 Å². The second-order valence-electron chi connectivity index (χ2n) is 6.03. The lowest BCUT2D eigenvalue weighted by Crippen LogP contribution is -2.43. The number of rotatable bonds is 4. The predicted octanol–water partition coefficient (Wildman–Crippen LogP) is 3.42. The van der Waals surface area contributed by atoms with Crippen LogP contribution in [0.4, 0.5) is 0 Å². The molecule has 1 aliphatic heterocycles. The summed E-state index contributed by atoms with van der Waals surface area (Å²) in [6.07, 6.45) is 3.37. The number of hydrogen-bond acceptors (Lipinski definition) is 4. The molecular formula is C17H21ClN2O4. The largest absolute Gasteiger partial charge is 0.481 e. The van der Waals surface area contributed by atoms with Crippen LogP contribution >= 0.6 is 12.4 Å². The highest BCUT2D eigenvalue weighted by molar-refractivity contribution is 5.95. The number of pyridine rings is 1. The zero-order valence-corrected chi connectivity index (χ0v) is 14.3. The normalized spacial score (nSPS) is 17.5. The summed E-state index contributed by atoms with van der Waals surface area (Å²) in [5.41, 5.74) is 2.14. The van der Waals surface area contributed by atoms with Crippen molar-refractivity contribution in [3.8, 4) is 0 Å². The van der Waals surface area contributed by atoms with Gasteiger partial charge in [0, 0.05) is 30.8 Å². The molecule has 0 spiro atoms. The lowest BCUT2D eigenvalue weighted by Gasteiger charge is -2.35. The third-order valence-corrected chi connectivity index (χ3v) is 4.30. The average molecular weight is 353 g/mol. The van der Waals surface area contributed by atoms with Crippen molar-refractivity contribution in [2.24, 2.45) is 0 Å². The summed E-state index contributed by atoms with van der Waals surface area (Å²) in [6.45, 7) is 2.53. The second-order valence-corrected chi connectivity index (χ2v) is 6.03. The van der Waals surface area contributed by atoms with Gasteiger partial charge in [0.2, 0.25) is 0 Å². The van der Waals surface area contributed by atoms with Crippen LogP contribution in [0.3, 0.4) is 0 Å². The number of halogens is 1. The number of nitrogens with zero attached hydrogens (tertiary/aromatic N) is 2. The predicted molar refractivity (Wildman–Crippen MR) is 91.5 cm³/mol. The van der Waals surface area contributed by atoms with E-state index >= 15 is 0 Å². The first-order chi connectivity index (χ1) is 11.0. The molecule has 130 valence electrons. The average Bonchev–Trinajstić information content (AvgIpc) is 2.95. The van der Waals surface area contributed by atoms with Crippen LogP contribution in [-0.2, 0) is 4.79 Å². The Morgan fingerprint density at radius 1 is 1.38 bits per heavy atom. The Kier molecular flexibility index (Phi) is 5.83. The molecule has 0 bridgehead atoms. The van der Waals surface area contributed by atoms with E-state index < -0.39 is 5.97 Å². The summed E-state index contributed by atoms with van der Waals surface area (Å²) < 4.78 is 5.64. The lowest BCUT2D eigenvalue weighted by atomic mass is 9.97. The van der Waals surface area contributed by atoms with Crippen LogP contribution < -0.4 is 0 Å². The molecule has 0 aliphatic carbocycles. The van der Waals surface area contributed by atoms with E-state index in [1.54, 1.807) is 11.0 Å². The Labute approximate surface area is 146 Å². The van der Waals surface area contributed by atoms with Crippen molar-refractivity contribution in [1.29, 1.82) is 0 Å². The Morgan fingerprint density at radius 3 is 2.92 bits per heavy atom. The van der Waals surface area contributed by atoms with Crippen molar-refractivity contribution in [3.05, 3.63) is 29.7 Å². The minimum absolute atomic E-state index is 0. The highest BCUT2D eigenvalue weighted by Crippen LogP contribution is 2.25. The number of fused-ring (bicyclic) bond motifs is 1. The van der Waals surface area contributed by atoms with Crippen LogP contribution in [-0.4, -0.2) is 39.5 Å². The SMILES string of the molecule is Cc1ccc2oc(C(=O)N3CCCCC3CCC(=O)O)cc2n1.Cl. The maximum absolute atomic E-state index is 12.8. The van der Waals surface area contributed by atoms with E-state index in [0.29, 0.717) is 24.1 Å². The molecular weight excluding hydrogens is 332 g/mol. The number of hydrogen-bond donors (Lipinski definition) is 1. The molecule has 1 amide bonds. The Morgan fingerprint density at radius 2 is 2.17 bits per heavy atom. The lowest BCUT2D eigenvalue weighted by molar-refractivity contribution is -0.137. The first kappa shape index (κ1) is 18.3. The van der Waals surface area contributed by atoms with E-state index in [0.717, 1.165) is 25.0 Å². The van der Waals surface area contributed by atoms with Crippen molar-refractivity contribution in [2.45, 2.75) is 45.1 Å². The van der Waals surface area contributed by atoms with Crippen molar-refractivity contribution in [1.82, 2.24) is 9.88 Å². The summed E-state index contributed by atoms with van der Waals surface area (Å²) in [6, 6.07) is 5.30. The molecule has 6 nitrogen and oxygen atoms in total. The van der Waals surface area contributed by atoms with Gasteiger partial charge in [-0.3, -0.25) is 9.59 Å². The summed E-state index contributed by atoms with van der Waals surface area (Å²) >= 11 is 0. The fraction of sp³-hybridized carbons (Fsp3) is 0.471. The molecule has 3 heterocycles. The molecule has 3 rings (SSSR count). The molecule has 0 aromatic carbocycles. The Balaban J connectivity index is 0.00000208. The maximum atomic E-state index is 12.8. The number of carbonyl (C=O) groups is 2. The standard InChI is InChI=1S/C17H20N2O4.ClH/c1-11-5-7-14-13(18-11)10-15(23-14)17(22)19-9-3-2-4-12(19)6-8-16(20)21;/h5,7,10,12H,2-4,6,8-9H2,1H3,(H,20,21);1H. The van der Waals surface area contributed by atoms with Gasteiger partial charge in [0.25, 0.3) is 5.91 Å². The number of furan rings is 1. The number of amides is 1. The number of aliphatic carboxylic acids is 1. The third-order valence-electron chi connectivity index (χ3n) is 4.30. The van der Waals surface area contributed by atoms with Crippen molar-refractivity contribution >= 4 is 35.4 Å². The summed E-state index contributed by atoms with van der Waals surface area (Å²) in [7, 11) is 0. The van der Waals surface area contributed by atoms with Crippen molar-refractivity contribution in [2.75, 3.05) is 6.54 Å². The first-order valence-electron chi connectivity index (χ1n) is 7.94. The fourth-order valence-corrected chi connectivity index (χ4v) is 3.13. The van der Waals surface area contributed by atoms with Crippen LogP contribution in [0.15, 0.2) is 22.6 Å². The number of aryl methyl sites for hydroxylation is 1. The molecule has 2 aromatic rings. The molecule has 1 unspecified atom stereocenters. The van der Waals surface area contributed by atoms with E-state index in [1.165, 1.54) is 0 Å². The van der Waals surface area contributed by atoms with Crippen LogP contribution in [0, 0.1) is 6.92 Å². The van der Waals surface area contributed by atoms with E-state index in [4.69, 9.17) is 9.52 Å². The number of likely N-dealkylation sites (tertiary alicyclic amines) is 1. The molecule has 1 aliphatic rings. The monoisotopic (exact) mass is 352 g/mol. The molecule has 1 saturated heterocycles. The fourth-order valence-electron chi connectivity index (χ4n) is 3.13. The Hall–Kier alpha value is -2.08. The highest BCUT2D eigenvalue weighted by Gasteiger charge is 2.29. The zero-order valence-electron chi connectivity index (χ0n) is 13.5. The van der Waals surface area contributed by atoms with Gasteiger partial charge in [0.05, 0.1) is 0 Å². The molecule has 24 heavy (non-hydrogen) atoms. The number of carboxylic acids is 1. The Bertz CT molecular complexity index is 743. The summed E-state index contributed by atoms with van der Waals surface area (Å²) in [5.74, 6) is -0.720. The molecule has 0 saturated carbocycles. The zero-order chi connectivity index (χ0) is 16.4. The van der Waals surface area contributed by atoms with Gasteiger partial charge in [-0.1, -0.05) is 0 Å². The molecule has 1 atom stereocenters. The molecule has 1 fully saturated rings. The van der Waals surface area contributed by atoms with E-state index in [9.17, 15) is 9.59 Å². The second kappa shape index (κ2) is 7.66. The van der Waals surface area contributed by atoms with Gasteiger partial charge in [-0.2, -0.15) is 0 Å². The highest BCUT2D eigenvalue weighted by atomic mass is 35.5. The summed E-state index contributed by atoms with van der Waals surface area (Å²) in [4.78, 5) is 29.7. The first-order valence-corrected chi connectivity index (χ1v) is 7.94. The van der Waals surface area contributed by atoms with Crippen LogP contribution in [0.2, 0.25) is 0 Å². The van der Waals surface area contributed by atoms with Gasteiger partial charge >= 0.3 is 5.97 Å². The van der Waals surface area contributed by atoms with Crippen LogP contribution in [0.5, 0.6) is 0 Å². The maximum Gasteiger partial charge on any atom is 0.303 e. The number of piperidine rings is 1. The minimum Gasteiger partial charge on any atom is -0.481 e. The van der Waals surface area contributed by atoms with Gasteiger partial charge in [-0.25, -0.2) is 4.98 Å². The van der Waals surface area contributed by atoms with Gasteiger partial charge in [0.15, 0.2) is 11.3 Å². The topological polar surface area (TPSA) is 83.6 Å². The van der Waals surface area contributed by atoms with Crippen molar-refractivity contribution in [3.63, 3.8) is 0 Å². The van der Waals surface area contributed by atoms with Crippen LogP contribution in [0.1, 0.15) is 48.4 Å². The summed E-state index contributed by atoms with van der Waals surface area (Å²) in [5, 5.41) is 8.88. The number of carbonyl (C=O) groups excluding carboxylic acids is 1. The number of carboxylic acid groups (broad SMARTS) is 1. The van der Waals surface area contributed by atoms with Gasteiger partial charge in [-0.05, 0) is 44.7 Å². The molecule has 1 N–H and O–H groups in total. The quantitative estimate of drug-likeness (QED) is 0.911. The minimum atomic E-state index is -0.827. The van der Waals surface area contributed by atoms with Gasteiger partial charge in [0.1, 0.15) is 5.52 Å². The van der Waals surface area contributed by atoms with Crippen LogP contribution in [0.25, 0.3) is 11.1 Å². The third kappa shape index (κ3) is 3.87. The van der Waals surface area contributed by atoms with E-state index in [-0.39, 0.29) is 36.5 Å². The smallest absolute Gasteiger partial charge is 0.303 e. The number of aromatic nitrogens is 1. The molecule has 7 heteroatoms. The van der Waals surface area contributed by atoms with E-state index in [1.807, 2.05) is 19.1 Å².